The van der Waals surface area contributed by atoms with Gasteiger partial charge in [0.2, 0.25) is 5.91 Å². The van der Waals surface area contributed by atoms with Gasteiger partial charge in [0.25, 0.3) is 5.91 Å². The van der Waals surface area contributed by atoms with Crippen LogP contribution in [-0.4, -0.2) is 35.8 Å². The average molecular weight is 350 g/mol. The van der Waals surface area contributed by atoms with Crippen LogP contribution in [0.5, 0.6) is 0 Å². The number of carbonyl (C=O) groups excluding carboxylic acids is 2. The molecule has 6 heteroatoms. The van der Waals surface area contributed by atoms with Gasteiger partial charge in [-0.25, -0.2) is 0 Å². The van der Waals surface area contributed by atoms with Gasteiger partial charge in [-0.1, -0.05) is 0 Å². The van der Waals surface area contributed by atoms with Gasteiger partial charge in [-0.15, -0.1) is 12.4 Å². The van der Waals surface area contributed by atoms with Crippen LogP contribution in [0.2, 0.25) is 0 Å². The summed E-state index contributed by atoms with van der Waals surface area (Å²) in [6.45, 7) is 1.61. The number of likely N-dealkylation sites (tertiary alicyclic amines) is 1. The number of amides is 2. The van der Waals surface area contributed by atoms with E-state index in [2.05, 4.69) is 5.32 Å². The fourth-order valence-electron chi connectivity index (χ4n) is 3.94. The molecule has 1 saturated heterocycles. The summed E-state index contributed by atoms with van der Waals surface area (Å²) in [4.78, 5) is 26.3. The molecule has 0 spiro atoms. The Labute approximate surface area is 148 Å². The van der Waals surface area contributed by atoms with E-state index in [0.717, 1.165) is 44.5 Å². The molecule has 1 aromatic rings. The minimum absolute atomic E-state index is 0. The number of hydrogen-bond donors (Lipinski definition) is 2. The monoisotopic (exact) mass is 349 g/mol. The number of fused-ring (bicyclic) bond motifs is 1. The first-order valence-electron chi connectivity index (χ1n) is 8.57. The SMILES string of the molecule is Cl.NC1CCC2CN(C(=O)c3ccc(NC(=O)C4CC4)cc3)CC12. The van der Waals surface area contributed by atoms with Gasteiger partial charge in [0.15, 0.2) is 0 Å². The van der Waals surface area contributed by atoms with Crippen LogP contribution in [0.4, 0.5) is 5.69 Å². The molecule has 1 aromatic carbocycles. The highest BCUT2D eigenvalue weighted by Crippen LogP contribution is 2.37. The van der Waals surface area contributed by atoms with Crippen molar-refractivity contribution >= 4 is 29.9 Å². The molecule has 1 heterocycles. The maximum absolute atomic E-state index is 12.6. The number of nitrogens with one attached hydrogen (secondary N) is 1. The topological polar surface area (TPSA) is 75.4 Å². The van der Waals surface area contributed by atoms with Crippen LogP contribution in [0.25, 0.3) is 0 Å². The predicted octanol–water partition coefficient (Wildman–Crippen LogP) is 2.27. The van der Waals surface area contributed by atoms with Gasteiger partial charge in [-0.05, 0) is 61.8 Å². The Bertz CT molecular complexity index is 630. The molecule has 4 rings (SSSR count). The number of benzene rings is 1. The van der Waals surface area contributed by atoms with Crippen LogP contribution in [0, 0.1) is 17.8 Å². The minimum Gasteiger partial charge on any atom is -0.338 e. The Kier molecular flexibility index (Phi) is 4.83. The van der Waals surface area contributed by atoms with E-state index in [1.807, 2.05) is 17.0 Å². The number of nitrogens with zero attached hydrogens (tertiary/aromatic N) is 1. The highest BCUT2D eigenvalue weighted by Gasteiger charge is 2.42. The first-order valence-corrected chi connectivity index (χ1v) is 8.57. The second kappa shape index (κ2) is 6.73. The lowest BCUT2D eigenvalue weighted by Gasteiger charge is -2.19. The average Bonchev–Trinajstić information content (AvgIpc) is 3.23. The van der Waals surface area contributed by atoms with Crippen molar-refractivity contribution in [2.45, 2.75) is 31.7 Å². The number of hydrogen-bond acceptors (Lipinski definition) is 3. The Morgan fingerprint density at radius 1 is 1.04 bits per heavy atom. The third kappa shape index (κ3) is 3.28. The number of carbonyl (C=O) groups is 2. The third-order valence-corrected chi connectivity index (χ3v) is 5.55. The molecule has 3 N–H and O–H groups in total. The van der Waals surface area contributed by atoms with Crippen LogP contribution in [0.15, 0.2) is 24.3 Å². The van der Waals surface area contributed by atoms with Gasteiger partial charge < -0.3 is 16.0 Å². The van der Waals surface area contributed by atoms with Crippen LogP contribution in [-0.2, 0) is 4.79 Å². The fourth-order valence-corrected chi connectivity index (χ4v) is 3.94. The van der Waals surface area contributed by atoms with E-state index in [-0.39, 0.29) is 36.2 Å². The zero-order valence-electron chi connectivity index (χ0n) is 13.6. The van der Waals surface area contributed by atoms with E-state index < -0.39 is 0 Å². The zero-order valence-corrected chi connectivity index (χ0v) is 14.4. The quantitative estimate of drug-likeness (QED) is 0.879. The number of rotatable bonds is 3. The van der Waals surface area contributed by atoms with E-state index in [1.165, 1.54) is 0 Å². The molecule has 5 nitrogen and oxygen atoms in total. The number of anilines is 1. The Morgan fingerprint density at radius 2 is 1.75 bits per heavy atom. The minimum atomic E-state index is 0. The van der Waals surface area contributed by atoms with E-state index in [9.17, 15) is 9.59 Å². The first-order chi connectivity index (χ1) is 11.1. The van der Waals surface area contributed by atoms with Gasteiger partial charge in [0.05, 0.1) is 0 Å². The molecule has 0 aromatic heterocycles. The summed E-state index contributed by atoms with van der Waals surface area (Å²) in [6, 6.07) is 7.49. The highest BCUT2D eigenvalue weighted by molar-refractivity contribution is 5.97. The molecule has 2 aliphatic carbocycles. The lowest BCUT2D eigenvalue weighted by Crippen LogP contribution is -2.33. The maximum Gasteiger partial charge on any atom is 0.253 e. The van der Waals surface area contributed by atoms with Gasteiger partial charge in [-0.3, -0.25) is 9.59 Å². The van der Waals surface area contributed by atoms with Crippen LogP contribution in [0.1, 0.15) is 36.0 Å². The Balaban J connectivity index is 0.00000169. The summed E-state index contributed by atoms with van der Waals surface area (Å²) in [7, 11) is 0. The second-order valence-electron chi connectivity index (χ2n) is 7.22. The van der Waals surface area contributed by atoms with Crippen molar-refractivity contribution in [1.82, 2.24) is 4.90 Å². The van der Waals surface area contributed by atoms with Crippen molar-refractivity contribution < 1.29 is 9.59 Å². The van der Waals surface area contributed by atoms with Crippen molar-refractivity contribution in [2.75, 3.05) is 18.4 Å². The van der Waals surface area contributed by atoms with Gasteiger partial charge >= 0.3 is 0 Å². The van der Waals surface area contributed by atoms with E-state index >= 15 is 0 Å². The molecule has 3 aliphatic rings. The second-order valence-corrected chi connectivity index (χ2v) is 7.22. The zero-order chi connectivity index (χ0) is 16.0. The van der Waals surface area contributed by atoms with E-state index in [1.54, 1.807) is 12.1 Å². The summed E-state index contributed by atoms with van der Waals surface area (Å²) in [5, 5.41) is 2.90. The largest absolute Gasteiger partial charge is 0.338 e. The van der Waals surface area contributed by atoms with Crippen LogP contribution < -0.4 is 11.1 Å². The van der Waals surface area contributed by atoms with E-state index in [4.69, 9.17) is 5.73 Å². The molecular formula is C18H24ClN3O2. The van der Waals surface area contributed by atoms with Gasteiger partial charge in [-0.2, -0.15) is 0 Å². The van der Waals surface area contributed by atoms with Gasteiger partial charge in [0.1, 0.15) is 0 Å². The predicted molar refractivity (Wildman–Crippen MR) is 95.1 cm³/mol. The summed E-state index contributed by atoms with van der Waals surface area (Å²) in [5.74, 6) is 1.39. The lowest BCUT2D eigenvalue weighted by molar-refractivity contribution is -0.117. The van der Waals surface area contributed by atoms with Crippen molar-refractivity contribution in [2.24, 2.45) is 23.5 Å². The van der Waals surface area contributed by atoms with Crippen molar-refractivity contribution in [3.8, 4) is 0 Å². The molecule has 3 unspecified atom stereocenters. The smallest absolute Gasteiger partial charge is 0.253 e. The summed E-state index contributed by atoms with van der Waals surface area (Å²) < 4.78 is 0. The number of nitrogens with two attached hydrogens (primary N) is 1. The summed E-state index contributed by atoms with van der Waals surface area (Å²) in [5.41, 5.74) is 7.58. The summed E-state index contributed by atoms with van der Waals surface area (Å²) in [6.07, 6.45) is 4.21. The summed E-state index contributed by atoms with van der Waals surface area (Å²) >= 11 is 0. The van der Waals surface area contributed by atoms with E-state index in [0.29, 0.717) is 17.4 Å². The normalized spacial score (nSPS) is 28.2. The molecular weight excluding hydrogens is 326 g/mol. The molecule has 2 amide bonds. The van der Waals surface area contributed by atoms with Crippen LogP contribution in [0.3, 0.4) is 0 Å². The molecule has 0 radical (unpaired) electrons. The molecule has 3 fully saturated rings. The first kappa shape index (κ1) is 17.2. The van der Waals surface area contributed by atoms with Crippen LogP contribution >= 0.6 is 12.4 Å². The third-order valence-electron chi connectivity index (χ3n) is 5.55. The molecule has 1 aliphatic heterocycles. The molecule has 2 saturated carbocycles. The van der Waals surface area contributed by atoms with Crippen molar-refractivity contribution in [1.29, 1.82) is 0 Å². The Morgan fingerprint density at radius 3 is 2.38 bits per heavy atom. The highest BCUT2D eigenvalue weighted by atomic mass is 35.5. The van der Waals surface area contributed by atoms with Crippen molar-refractivity contribution in [3.63, 3.8) is 0 Å². The fraction of sp³-hybridized carbons (Fsp3) is 0.556. The Hall–Kier alpha value is -1.59. The number of halogens is 1. The lowest BCUT2D eigenvalue weighted by atomic mass is 9.98. The molecule has 24 heavy (non-hydrogen) atoms. The van der Waals surface area contributed by atoms with Gasteiger partial charge in [0, 0.05) is 36.3 Å². The molecule has 0 bridgehead atoms. The molecule has 3 atom stereocenters. The standard InChI is InChI=1S/C18H23N3O2.ClH/c19-16-8-5-13-9-21(10-15(13)16)18(23)12-3-6-14(7-4-12)20-17(22)11-1-2-11;/h3-4,6-7,11,13,15-16H,1-2,5,8-10,19H2,(H,20,22);1H. The van der Waals surface area contributed by atoms with Crippen molar-refractivity contribution in [3.05, 3.63) is 29.8 Å². The molecule has 130 valence electrons. The maximum atomic E-state index is 12.6.